The second kappa shape index (κ2) is 5.92. The zero-order valence-electron chi connectivity index (χ0n) is 11.8. The normalized spacial score (nSPS) is 10.9. The second-order valence-electron chi connectivity index (χ2n) is 4.92. The Labute approximate surface area is 132 Å². The number of nitrogens with one attached hydrogen (secondary N) is 1. The van der Waals surface area contributed by atoms with Gasteiger partial charge in [0.2, 0.25) is 5.82 Å². The summed E-state index contributed by atoms with van der Waals surface area (Å²) in [7, 11) is 0. The Bertz CT molecular complexity index is 905. The minimum Gasteiger partial charge on any atom is -0.358 e. The highest BCUT2D eigenvalue weighted by molar-refractivity contribution is 5.95. The van der Waals surface area contributed by atoms with Gasteiger partial charge in [0.1, 0.15) is 0 Å². The van der Waals surface area contributed by atoms with E-state index in [2.05, 4.69) is 4.98 Å². The van der Waals surface area contributed by atoms with E-state index < -0.39 is 34.6 Å². The first-order valence-electron chi connectivity index (χ1n) is 6.71. The van der Waals surface area contributed by atoms with Crippen LogP contribution in [0.2, 0.25) is 0 Å². The number of carbonyl (C=O) groups excluding carboxylic acids is 1. The monoisotopic (exact) mass is 337 g/mol. The van der Waals surface area contributed by atoms with Crippen molar-refractivity contribution in [2.24, 2.45) is 0 Å². The summed E-state index contributed by atoms with van der Waals surface area (Å²) in [6.45, 7) is 0. The molecule has 1 heterocycles. The average molecular weight is 337 g/mol. The molecule has 0 spiro atoms. The van der Waals surface area contributed by atoms with Gasteiger partial charge in [0.05, 0.1) is 11.3 Å². The highest BCUT2D eigenvalue weighted by Gasteiger charge is 2.29. The van der Waals surface area contributed by atoms with E-state index >= 15 is 0 Å². The van der Waals surface area contributed by atoms with Gasteiger partial charge in [0, 0.05) is 17.3 Å². The third-order valence-electron chi connectivity index (χ3n) is 3.57. The smallest absolute Gasteiger partial charge is 0.200 e. The van der Waals surface area contributed by atoms with Crippen molar-refractivity contribution < 1.29 is 26.7 Å². The van der Waals surface area contributed by atoms with Gasteiger partial charge < -0.3 is 4.98 Å². The predicted molar refractivity (Wildman–Crippen MR) is 76.8 cm³/mol. The van der Waals surface area contributed by atoms with E-state index in [1.807, 2.05) is 0 Å². The molecule has 3 aromatic rings. The molecule has 0 aliphatic rings. The van der Waals surface area contributed by atoms with E-state index in [9.17, 15) is 26.7 Å². The molecule has 0 bridgehead atoms. The molecule has 122 valence electrons. The summed E-state index contributed by atoms with van der Waals surface area (Å²) < 4.78 is 68.3. The van der Waals surface area contributed by atoms with Crippen LogP contribution >= 0.6 is 0 Å². The fourth-order valence-electron chi connectivity index (χ4n) is 2.49. The molecule has 0 saturated heterocycles. The van der Waals surface area contributed by atoms with Crippen molar-refractivity contribution in [3.8, 4) is 22.3 Å². The van der Waals surface area contributed by atoms with E-state index in [-0.39, 0.29) is 16.8 Å². The molecular weight excluding hydrogens is 329 g/mol. The molecule has 7 heteroatoms. The molecule has 0 fully saturated rings. The van der Waals surface area contributed by atoms with Crippen LogP contribution in [0.25, 0.3) is 22.3 Å². The van der Waals surface area contributed by atoms with Gasteiger partial charge >= 0.3 is 0 Å². The Balaban J connectivity index is 2.38. The molecule has 24 heavy (non-hydrogen) atoms. The Kier molecular flexibility index (Phi) is 3.92. The fraction of sp³-hybridized carbons (Fsp3) is 0. The number of halogens is 5. The Morgan fingerprint density at radius 1 is 0.750 bits per heavy atom. The molecular formula is C17H8F5NO. The van der Waals surface area contributed by atoms with Crippen LogP contribution in [-0.4, -0.2) is 11.3 Å². The zero-order chi connectivity index (χ0) is 17.4. The maximum atomic E-state index is 14.1. The third kappa shape index (κ3) is 2.29. The van der Waals surface area contributed by atoms with Gasteiger partial charge in [0.15, 0.2) is 29.6 Å². The van der Waals surface area contributed by atoms with Crippen LogP contribution in [0.15, 0.2) is 36.5 Å². The Morgan fingerprint density at radius 2 is 1.29 bits per heavy atom. The number of aromatic amines is 1. The van der Waals surface area contributed by atoms with Gasteiger partial charge in [-0.25, -0.2) is 22.0 Å². The average Bonchev–Trinajstić information content (AvgIpc) is 3.03. The van der Waals surface area contributed by atoms with Crippen LogP contribution in [0.3, 0.4) is 0 Å². The van der Waals surface area contributed by atoms with E-state index in [0.29, 0.717) is 11.8 Å². The number of carbonyl (C=O) groups is 1. The minimum atomic E-state index is -2.24. The minimum absolute atomic E-state index is 0.0415. The van der Waals surface area contributed by atoms with Crippen molar-refractivity contribution in [2.75, 3.05) is 0 Å². The van der Waals surface area contributed by atoms with Crippen molar-refractivity contribution in [1.29, 1.82) is 0 Å². The summed E-state index contributed by atoms with van der Waals surface area (Å²) in [5, 5.41) is 0. The van der Waals surface area contributed by atoms with Crippen molar-refractivity contribution in [2.45, 2.75) is 0 Å². The highest BCUT2D eigenvalue weighted by Crippen LogP contribution is 2.39. The first kappa shape index (κ1) is 15.9. The lowest BCUT2D eigenvalue weighted by molar-refractivity contribution is 0.112. The molecule has 2 nitrogen and oxygen atoms in total. The number of hydrogen-bond donors (Lipinski definition) is 1. The molecule has 0 atom stereocenters. The molecule has 3 rings (SSSR count). The molecule has 0 amide bonds. The second-order valence-corrected chi connectivity index (χ2v) is 4.92. The van der Waals surface area contributed by atoms with Crippen LogP contribution < -0.4 is 0 Å². The molecule has 0 aliphatic heterocycles. The van der Waals surface area contributed by atoms with Gasteiger partial charge in [-0.15, -0.1) is 0 Å². The first-order chi connectivity index (χ1) is 11.5. The lowest BCUT2D eigenvalue weighted by atomic mass is 9.96. The highest BCUT2D eigenvalue weighted by atomic mass is 19.2. The maximum absolute atomic E-state index is 14.1. The van der Waals surface area contributed by atoms with Crippen molar-refractivity contribution in [3.63, 3.8) is 0 Å². The van der Waals surface area contributed by atoms with Crippen LogP contribution in [0.4, 0.5) is 22.0 Å². The molecule has 1 aromatic heterocycles. The number of aldehydes is 1. The number of hydrogen-bond acceptors (Lipinski definition) is 1. The standard InChI is InChI=1S/C17H8F5NO/c18-13-12(14(19)16(21)17(22)15(13)20)9-6-23-10(7-24)11(9)8-4-2-1-3-5-8/h1-7,23H. The van der Waals surface area contributed by atoms with Crippen LogP contribution in [0.1, 0.15) is 10.5 Å². The Hall–Kier alpha value is -2.96. The number of aromatic nitrogens is 1. The van der Waals surface area contributed by atoms with Crippen LogP contribution in [-0.2, 0) is 0 Å². The van der Waals surface area contributed by atoms with E-state index in [1.54, 1.807) is 30.3 Å². The summed E-state index contributed by atoms with van der Waals surface area (Å²) in [4.78, 5) is 13.7. The molecule has 0 unspecified atom stereocenters. The number of benzene rings is 2. The third-order valence-corrected chi connectivity index (χ3v) is 3.57. The molecule has 2 aromatic carbocycles. The lowest BCUT2D eigenvalue weighted by Crippen LogP contribution is -2.04. The van der Waals surface area contributed by atoms with Crippen LogP contribution in [0, 0.1) is 29.1 Å². The van der Waals surface area contributed by atoms with Gasteiger partial charge in [-0.05, 0) is 5.56 Å². The van der Waals surface area contributed by atoms with E-state index in [4.69, 9.17) is 0 Å². The summed E-state index contributed by atoms with van der Waals surface area (Å²) >= 11 is 0. The molecule has 0 saturated carbocycles. The SMILES string of the molecule is O=Cc1[nH]cc(-c2c(F)c(F)c(F)c(F)c2F)c1-c1ccccc1. The van der Waals surface area contributed by atoms with E-state index in [0.717, 1.165) is 6.20 Å². The summed E-state index contributed by atoms with van der Waals surface area (Å²) in [6.07, 6.45) is 1.43. The number of H-pyrrole nitrogens is 1. The quantitative estimate of drug-likeness (QED) is 0.315. The molecule has 0 aliphatic carbocycles. The fourth-order valence-corrected chi connectivity index (χ4v) is 2.49. The lowest BCUT2D eigenvalue weighted by Gasteiger charge is -2.10. The predicted octanol–water partition coefficient (Wildman–Crippen LogP) is 4.86. The molecule has 1 N–H and O–H groups in total. The van der Waals surface area contributed by atoms with Gasteiger partial charge in [-0.1, -0.05) is 30.3 Å². The van der Waals surface area contributed by atoms with Crippen molar-refractivity contribution in [3.05, 3.63) is 71.3 Å². The van der Waals surface area contributed by atoms with Crippen molar-refractivity contribution in [1.82, 2.24) is 4.98 Å². The first-order valence-corrected chi connectivity index (χ1v) is 6.71. The number of rotatable bonds is 3. The summed E-state index contributed by atoms with van der Waals surface area (Å²) in [6, 6.07) is 7.99. The topological polar surface area (TPSA) is 32.9 Å². The largest absolute Gasteiger partial charge is 0.358 e. The Morgan fingerprint density at radius 3 is 1.83 bits per heavy atom. The van der Waals surface area contributed by atoms with Gasteiger partial charge in [-0.2, -0.15) is 0 Å². The molecule has 0 radical (unpaired) electrons. The van der Waals surface area contributed by atoms with E-state index in [1.165, 1.54) is 0 Å². The van der Waals surface area contributed by atoms with Crippen LogP contribution in [0.5, 0.6) is 0 Å². The maximum Gasteiger partial charge on any atom is 0.200 e. The van der Waals surface area contributed by atoms with Gasteiger partial charge in [0.25, 0.3) is 0 Å². The summed E-state index contributed by atoms with van der Waals surface area (Å²) in [5.41, 5.74) is -0.987. The summed E-state index contributed by atoms with van der Waals surface area (Å²) in [5.74, 6) is -10.2. The van der Waals surface area contributed by atoms with Gasteiger partial charge in [-0.3, -0.25) is 4.79 Å². The van der Waals surface area contributed by atoms with Crippen molar-refractivity contribution >= 4 is 6.29 Å². The zero-order valence-corrected chi connectivity index (χ0v) is 11.8.